The SMILES string of the molecule is CS(=O)(=O)c1ccc(N[C@H]2CCCCN(C3CCN(c4cnc(Cl)cn4)CC3)C2=O)c(F)c1. The number of aromatic nitrogens is 2. The van der Waals surface area contributed by atoms with Gasteiger partial charge < -0.3 is 15.1 Å². The van der Waals surface area contributed by atoms with Gasteiger partial charge in [-0.25, -0.2) is 22.8 Å². The molecule has 2 fully saturated rings. The van der Waals surface area contributed by atoms with Crippen LogP contribution in [0.4, 0.5) is 15.9 Å². The zero-order chi connectivity index (χ0) is 23.6. The monoisotopic (exact) mass is 495 g/mol. The number of halogens is 2. The van der Waals surface area contributed by atoms with Gasteiger partial charge in [-0.05, 0) is 50.3 Å². The summed E-state index contributed by atoms with van der Waals surface area (Å²) in [6, 6.07) is 3.29. The first kappa shape index (κ1) is 23.7. The van der Waals surface area contributed by atoms with E-state index >= 15 is 0 Å². The number of nitrogens with zero attached hydrogens (tertiary/aromatic N) is 4. The van der Waals surface area contributed by atoms with Gasteiger partial charge in [-0.1, -0.05) is 11.6 Å². The van der Waals surface area contributed by atoms with E-state index in [1.807, 2.05) is 4.90 Å². The van der Waals surface area contributed by atoms with Crippen molar-refractivity contribution < 1.29 is 17.6 Å². The number of likely N-dealkylation sites (tertiary alicyclic amines) is 1. The van der Waals surface area contributed by atoms with Crippen molar-refractivity contribution in [1.29, 1.82) is 0 Å². The molecule has 0 aliphatic carbocycles. The molecule has 4 rings (SSSR count). The largest absolute Gasteiger partial charge is 0.371 e. The van der Waals surface area contributed by atoms with Crippen LogP contribution >= 0.6 is 11.6 Å². The van der Waals surface area contributed by atoms with E-state index in [0.29, 0.717) is 18.1 Å². The fraction of sp³-hybridized carbons (Fsp3) is 0.500. The zero-order valence-electron chi connectivity index (χ0n) is 18.4. The first-order chi connectivity index (χ1) is 15.7. The maximum Gasteiger partial charge on any atom is 0.245 e. The van der Waals surface area contributed by atoms with Crippen molar-refractivity contribution in [2.75, 3.05) is 36.1 Å². The van der Waals surface area contributed by atoms with Crippen LogP contribution in [0.15, 0.2) is 35.5 Å². The molecule has 0 unspecified atom stereocenters. The summed E-state index contributed by atoms with van der Waals surface area (Å²) in [6.45, 7) is 2.19. The van der Waals surface area contributed by atoms with Crippen LogP contribution in [-0.4, -0.2) is 67.2 Å². The summed E-state index contributed by atoms with van der Waals surface area (Å²) in [5.41, 5.74) is 0.138. The van der Waals surface area contributed by atoms with E-state index in [2.05, 4.69) is 20.2 Å². The zero-order valence-corrected chi connectivity index (χ0v) is 19.9. The molecule has 1 aromatic carbocycles. The van der Waals surface area contributed by atoms with Gasteiger partial charge in [0, 0.05) is 31.9 Å². The molecule has 0 spiro atoms. The van der Waals surface area contributed by atoms with Crippen LogP contribution in [0.5, 0.6) is 0 Å². The predicted molar refractivity (Wildman–Crippen MR) is 125 cm³/mol. The first-order valence-corrected chi connectivity index (χ1v) is 13.3. The maximum absolute atomic E-state index is 14.6. The number of benzene rings is 1. The average Bonchev–Trinajstić information content (AvgIpc) is 2.96. The Labute approximate surface area is 198 Å². The molecule has 0 saturated carbocycles. The lowest BCUT2D eigenvalue weighted by Crippen LogP contribution is -2.51. The fourth-order valence-electron chi connectivity index (χ4n) is 4.47. The number of anilines is 2. The molecular weight excluding hydrogens is 469 g/mol. The number of hydrogen-bond donors (Lipinski definition) is 1. The van der Waals surface area contributed by atoms with E-state index < -0.39 is 21.7 Å². The van der Waals surface area contributed by atoms with E-state index in [0.717, 1.165) is 56.9 Å². The van der Waals surface area contributed by atoms with Gasteiger partial charge in [-0.2, -0.15) is 0 Å². The number of sulfone groups is 1. The molecule has 1 N–H and O–H groups in total. The molecule has 2 aliphatic heterocycles. The lowest BCUT2D eigenvalue weighted by molar-refractivity contribution is -0.134. The molecule has 2 aliphatic rings. The Morgan fingerprint density at radius 3 is 2.48 bits per heavy atom. The number of nitrogens with one attached hydrogen (secondary N) is 1. The third-order valence-electron chi connectivity index (χ3n) is 6.26. The fourth-order valence-corrected chi connectivity index (χ4v) is 5.20. The minimum absolute atomic E-state index is 0.0381. The van der Waals surface area contributed by atoms with Crippen molar-refractivity contribution in [3.63, 3.8) is 0 Å². The van der Waals surface area contributed by atoms with Crippen LogP contribution in [0.25, 0.3) is 0 Å². The van der Waals surface area contributed by atoms with E-state index in [1.165, 1.54) is 18.3 Å². The van der Waals surface area contributed by atoms with Gasteiger partial charge in [0.15, 0.2) is 9.84 Å². The second-order valence-electron chi connectivity index (χ2n) is 8.55. The van der Waals surface area contributed by atoms with Crippen molar-refractivity contribution in [1.82, 2.24) is 14.9 Å². The number of rotatable bonds is 5. The van der Waals surface area contributed by atoms with E-state index in [1.54, 1.807) is 6.20 Å². The van der Waals surface area contributed by atoms with Gasteiger partial charge in [0.2, 0.25) is 5.91 Å². The quantitative estimate of drug-likeness (QED) is 0.680. The van der Waals surface area contributed by atoms with E-state index in [-0.39, 0.29) is 22.5 Å². The minimum Gasteiger partial charge on any atom is -0.371 e. The number of hydrogen-bond acceptors (Lipinski definition) is 7. The molecule has 3 heterocycles. The number of carbonyl (C=O) groups is 1. The molecule has 33 heavy (non-hydrogen) atoms. The Kier molecular flexibility index (Phi) is 7.04. The molecule has 0 radical (unpaired) electrons. The molecule has 178 valence electrons. The Bertz CT molecular complexity index is 1110. The summed E-state index contributed by atoms with van der Waals surface area (Å²) in [5.74, 6) is 0.0512. The van der Waals surface area contributed by atoms with Gasteiger partial charge in [0.25, 0.3) is 0 Å². The highest BCUT2D eigenvalue weighted by atomic mass is 35.5. The Hall–Kier alpha value is -2.46. The van der Waals surface area contributed by atoms with Gasteiger partial charge in [0.05, 0.1) is 23.0 Å². The number of piperidine rings is 1. The first-order valence-electron chi connectivity index (χ1n) is 11.0. The van der Waals surface area contributed by atoms with Crippen molar-refractivity contribution >= 4 is 38.9 Å². The van der Waals surface area contributed by atoms with Crippen molar-refractivity contribution in [2.45, 2.75) is 49.1 Å². The highest BCUT2D eigenvalue weighted by molar-refractivity contribution is 7.90. The average molecular weight is 496 g/mol. The Balaban J connectivity index is 1.42. The Morgan fingerprint density at radius 1 is 1.09 bits per heavy atom. The number of carbonyl (C=O) groups excluding carboxylic acids is 1. The van der Waals surface area contributed by atoms with E-state index in [4.69, 9.17) is 11.6 Å². The normalized spacial score (nSPS) is 20.6. The predicted octanol–water partition coefficient (Wildman–Crippen LogP) is 3.13. The molecule has 11 heteroatoms. The van der Waals surface area contributed by atoms with Crippen LogP contribution in [0.3, 0.4) is 0 Å². The second kappa shape index (κ2) is 9.80. The summed E-state index contributed by atoms with van der Waals surface area (Å²) >= 11 is 5.82. The third kappa shape index (κ3) is 5.55. The van der Waals surface area contributed by atoms with Crippen LogP contribution in [0, 0.1) is 5.82 Å². The smallest absolute Gasteiger partial charge is 0.245 e. The lowest BCUT2D eigenvalue weighted by Gasteiger charge is -2.39. The summed E-state index contributed by atoms with van der Waals surface area (Å²) < 4.78 is 37.9. The molecule has 2 aromatic rings. The molecule has 1 amide bonds. The molecule has 2 saturated heterocycles. The minimum atomic E-state index is -3.50. The molecule has 8 nitrogen and oxygen atoms in total. The molecule has 1 aromatic heterocycles. The van der Waals surface area contributed by atoms with Gasteiger partial charge in [-0.3, -0.25) is 4.79 Å². The number of amides is 1. The second-order valence-corrected chi connectivity index (χ2v) is 11.0. The topological polar surface area (TPSA) is 95.5 Å². The highest BCUT2D eigenvalue weighted by Crippen LogP contribution is 2.27. The standard InChI is InChI=1S/C22H27ClFN5O3S/c1-33(31,32)16-5-6-18(17(24)12-16)27-19-4-2-3-9-29(22(19)30)15-7-10-28(11-8-15)21-14-25-20(23)13-26-21/h5-6,12-15,19,27H,2-4,7-11H2,1H3/t19-/m0/s1. The lowest BCUT2D eigenvalue weighted by atomic mass is 10.0. The summed E-state index contributed by atoms with van der Waals surface area (Å²) in [5, 5.41) is 3.38. The highest BCUT2D eigenvalue weighted by Gasteiger charge is 2.34. The maximum atomic E-state index is 14.6. The molecular formula is C22H27ClFN5O3S. The van der Waals surface area contributed by atoms with E-state index in [9.17, 15) is 17.6 Å². The van der Waals surface area contributed by atoms with Gasteiger partial charge in [0.1, 0.15) is 22.8 Å². The third-order valence-corrected chi connectivity index (χ3v) is 7.56. The van der Waals surface area contributed by atoms with Crippen LogP contribution in [0.2, 0.25) is 5.15 Å². The van der Waals surface area contributed by atoms with Crippen LogP contribution in [0.1, 0.15) is 32.1 Å². The van der Waals surface area contributed by atoms with Gasteiger partial charge >= 0.3 is 0 Å². The summed E-state index contributed by atoms with van der Waals surface area (Å²) in [4.78, 5) is 25.8. The van der Waals surface area contributed by atoms with Crippen molar-refractivity contribution in [3.8, 4) is 0 Å². The summed E-state index contributed by atoms with van der Waals surface area (Å²) in [6.07, 6.45) is 8.17. The van der Waals surface area contributed by atoms with Gasteiger partial charge in [-0.15, -0.1) is 0 Å². The van der Waals surface area contributed by atoms with Crippen LogP contribution in [-0.2, 0) is 14.6 Å². The van der Waals surface area contributed by atoms with Crippen LogP contribution < -0.4 is 10.2 Å². The van der Waals surface area contributed by atoms with Crippen molar-refractivity contribution in [3.05, 3.63) is 41.6 Å². The molecule has 0 bridgehead atoms. The van der Waals surface area contributed by atoms with Crippen molar-refractivity contribution in [2.24, 2.45) is 0 Å². The summed E-state index contributed by atoms with van der Waals surface area (Å²) in [7, 11) is -3.50. The Morgan fingerprint density at radius 2 is 1.85 bits per heavy atom. The molecule has 1 atom stereocenters.